The summed E-state index contributed by atoms with van der Waals surface area (Å²) in [6.07, 6.45) is -3.74. The summed E-state index contributed by atoms with van der Waals surface area (Å²) in [5, 5.41) is 2.23. The highest BCUT2D eigenvalue weighted by Crippen LogP contribution is 2.28. The van der Waals surface area contributed by atoms with Crippen LogP contribution in [0.3, 0.4) is 0 Å². The molecule has 0 spiro atoms. The van der Waals surface area contributed by atoms with E-state index < -0.39 is 27.6 Å². The third-order valence-electron chi connectivity index (χ3n) is 2.12. The topological polar surface area (TPSA) is 84.0 Å². The SMILES string of the molecule is CC(C)(CNc1cc(Cl)nc(C(F)(F)F)n1)NS(C)(=O)=O. The summed E-state index contributed by atoms with van der Waals surface area (Å²) in [4.78, 5) is 6.38. The lowest BCUT2D eigenvalue weighted by atomic mass is 10.1. The van der Waals surface area contributed by atoms with Crippen LogP contribution in [0.15, 0.2) is 6.07 Å². The first-order valence-corrected chi connectivity index (χ1v) is 7.90. The number of hydrogen-bond donors (Lipinski definition) is 2. The molecule has 1 rings (SSSR count). The molecule has 0 aromatic carbocycles. The second kappa shape index (κ2) is 5.93. The van der Waals surface area contributed by atoms with Gasteiger partial charge < -0.3 is 5.32 Å². The van der Waals surface area contributed by atoms with Gasteiger partial charge in [-0.3, -0.25) is 0 Å². The van der Waals surface area contributed by atoms with Gasteiger partial charge in [0.2, 0.25) is 15.8 Å². The van der Waals surface area contributed by atoms with Crippen LogP contribution in [-0.2, 0) is 16.2 Å². The first kappa shape index (κ1) is 17.9. The maximum absolute atomic E-state index is 12.5. The van der Waals surface area contributed by atoms with Crippen molar-refractivity contribution in [3.8, 4) is 0 Å². The number of rotatable bonds is 5. The fourth-order valence-electron chi connectivity index (χ4n) is 1.48. The van der Waals surface area contributed by atoms with Crippen LogP contribution >= 0.6 is 11.6 Å². The number of sulfonamides is 1. The maximum Gasteiger partial charge on any atom is 0.451 e. The number of halogens is 4. The van der Waals surface area contributed by atoms with Crippen molar-refractivity contribution in [2.24, 2.45) is 0 Å². The third kappa shape index (κ3) is 6.44. The summed E-state index contributed by atoms with van der Waals surface area (Å²) < 4.78 is 62.3. The lowest BCUT2D eigenvalue weighted by Gasteiger charge is -2.25. The molecule has 0 atom stereocenters. The summed E-state index contributed by atoms with van der Waals surface area (Å²) >= 11 is 5.51. The van der Waals surface area contributed by atoms with Crippen LogP contribution in [0.1, 0.15) is 19.7 Å². The molecule has 2 N–H and O–H groups in total. The minimum atomic E-state index is -4.72. The second-order valence-electron chi connectivity index (χ2n) is 5.01. The van der Waals surface area contributed by atoms with E-state index in [4.69, 9.17) is 11.6 Å². The Hall–Kier alpha value is -1.13. The van der Waals surface area contributed by atoms with E-state index >= 15 is 0 Å². The third-order valence-corrected chi connectivity index (χ3v) is 3.24. The van der Waals surface area contributed by atoms with Crippen molar-refractivity contribution in [2.75, 3.05) is 18.1 Å². The van der Waals surface area contributed by atoms with Crippen LogP contribution in [0.4, 0.5) is 19.0 Å². The number of nitrogens with zero attached hydrogens (tertiary/aromatic N) is 2. The van der Waals surface area contributed by atoms with Gasteiger partial charge in [0.15, 0.2) is 0 Å². The molecule has 0 amide bonds. The number of nitrogens with one attached hydrogen (secondary N) is 2. The Morgan fingerprint density at radius 1 is 1.29 bits per heavy atom. The van der Waals surface area contributed by atoms with Crippen molar-refractivity contribution in [2.45, 2.75) is 25.6 Å². The highest BCUT2D eigenvalue weighted by Gasteiger charge is 2.35. The molecule has 0 unspecified atom stereocenters. The Labute approximate surface area is 125 Å². The van der Waals surface area contributed by atoms with E-state index in [0.717, 1.165) is 12.3 Å². The summed E-state index contributed by atoms with van der Waals surface area (Å²) in [5.41, 5.74) is -0.927. The normalized spacial score (nSPS) is 13.3. The number of hydrogen-bond acceptors (Lipinski definition) is 5. The standard InChI is InChI=1S/C10H14ClF3N4O2S/c1-9(2,18-21(3,19)20)5-15-7-4-6(11)16-8(17-7)10(12,13)14/h4,18H,5H2,1-3H3,(H,15,16,17). The average molecular weight is 347 g/mol. The van der Waals surface area contributed by atoms with Crippen LogP contribution in [-0.4, -0.2) is 36.7 Å². The van der Waals surface area contributed by atoms with Crippen LogP contribution in [0.25, 0.3) is 0 Å². The number of aromatic nitrogens is 2. The Balaban J connectivity index is 2.87. The Bertz CT molecular complexity index is 619. The summed E-state index contributed by atoms with van der Waals surface area (Å²) in [6, 6.07) is 1.12. The molecule has 0 aliphatic carbocycles. The highest BCUT2D eigenvalue weighted by molar-refractivity contribution is 7.88. The van der Waals surface area contributed by atoms with Gasteiger partial charge in [-0.2, -0.15) is 13.2 Å². The average Bonchev–Trinajstić information content (AvgIpc) is 2.21. The zero-order chi connectivity index (χ0) is 16.5. The van der Waals surface area contributed by atoms with Gasteiger partial charge in [0.05, 0.1) is 6.26 Å². The Kier molecular flexibility index (Phi) is 5.06. The summed E-state index contributed by atoms with van der Waals surface area (Å²) in [6.45, 7) is 3.13. The van der Waals surface area contributed by atoms with Gasteiger partial charge in [0.25, 0.3) is 0 Å². The van der Waals surface area contributed by atoms with E-state index in [1.807, 2.05) is 0 Å². The Morgan fingerprint density at radius 2 is 1.86 bits per heavy atom. The van der Waals surface area contributed by atoms with Gasteiger partial charge in [-0.05, 0) is 13.8 Å². The molecule has 0 saturated heterocycles. The van der Waals surface area contributed by atoms with Crippen molar-refractivity contribution < 1.29 is 21.6 Å². The zero-order valence-corrected chi connectivity index (χ0v) is 13.0. The van der Waals surface area contributed by atoms with Crippen molar-refractivity contribution in [3.63, 3.8) is 0 Å². The largest absolute Gasteiger partial charge is 0.451 e. The van der Waals surface area contributed by atoms with E-state index in [1.165, 1.54) is 0 Å². The van der Waals surface area contributed by atoms with Crippen molar-refractivity contribution in [1.82, 2.24) is 14.7 Å². The summed E-state index contributed by atoms with van der Waals surface area (Å²) in [5.74, 6) is -1.52. The molecular formula is C10H14ClF3N4O2S. The van der Waals surface area contributed by atoms with Gasteiger partial charge in [0.1, 0.15) is 11.0 Å². The quantitative estimate of drug-likeness (QED) is 0.795. The van der Waals surface area contributed by atoms with Gasteiger partial charge in [0, 0.05) is 18.2 Å². The molecule has 0 bridgehead atoms. The van der Waals surface area contributed by atoms with E-state index in [2.05, 4.69) is 20.0 Å². The molecule has 1 aromatic heterocycles. The predicted octanol–water partition coefficient (Wildman–Crippen LogP) is 1.89. The van der Waals surface area contributed by atoms with Crippen LogP contribution < -0.4 is 10.0 Å². The van der Waals surface area contributed by atoms with Gasteiger partial charge in [-0.1, -0.05) is 11.6 Å². The summed E-state index contributed by atoms with van der Waals surface area (Å²) in [7, 11) is -3.45. The molecule has 0 saturated carbocycles. The monoisotopic (exact) mass is 346 g/mol. The van der Waals surface area contributed by atoms with Crippen molar-refractivity contribution in [1.29, 1.82) is 0 Å². The lowest BCUT2D eigenvalue weighted by molar-refractivity contribution is -0.144. The maximum atomic E-state index is 12.5. The molecule has 1 heterocycles. The van der Waals surface area contributed by atoms with E-state index in [9.17, 15) is 21.6 Å². The van der Waals surface area contributed by atoms with E-state index in [1.54, 1.807) is 13.8 Å². The van der Waals surface area contributed by atoms with Gasteiger partial charge in [-0.15, -0.1) is 0 Å². The molecule has 6 nitrogen and oxygen atoms in total. The zero-order valence-electron chi connectivity index (χ0n) is 11.4. The fourth-order valence-corrected chi connectivity index (χ4v) is 2.74. The minimum Gasteiger partial charge on any atom is -0.368 e. The van der Waals surface area contributed by atoms with E-state index in [0.29, 0.717) is 0 Å². The first-order chi connectivity index (χ1) is 9.28. The van der Waals surface area contributed by atoms with Crippen LogP contribution in [0, 0.1) is 0 Å². The van der Waals surface area contributed by atoms with Gasteiger partial charge >= 0.3 is 6.18 Å². The van der Waals surface area contributed by atoms with Crippen LogP contribution in [0.5, 0.6) is 0 Å². The fraction of sp³-hybridized carbons (Fsp3) is 0.600. The lowest BCUT2D eigenvalue weighted by Crippen LogP contribution is -2.47. The molecule has 120 valence electrons. The van der Waals surface area contributed by atoms with Gasteiger partial charge in [-0.25, -0.2) is 23.1 Å². The number of alkyl halides is 3. The Morgan fingerprint density at radius 3 is 2.33 bits per heavy atom. The number of anilines is 1. The molecule has 0 radical (unpaired) electrons. The molecule has 21 heavy (non-hydrogen) atoms. The molecule has 1 aromatic rings. The van der Waals surface area contributed by atoms with E-state index in [-0.39, 0.29) is 17.5 Å². The smallest absolute Gasteiger partial charge is 0.368 e. The predicted molar refractivity (Wildman–Crippen MR) is 72.6 cm³/mol. The first-order valence-electron chi connectivity index (χ1n) is 5.63. The second-order valence-corrected chi connectivity index (χ2v) is 7.14. The van der Waals surface area contributed by atoms with Crippen LogP contribution in [0.2, 0.25) is 5.15 Å². The molecule has 0 aliphatic heterocycles. The van der Waals surface area contributed by atoms with Crippen molar-refractivity contribution in [3.05, 3.63) is 17.0 Å². The minimum absolute atomic E-state index is 0.00467. The van der Waals surface area contributed by atoms with Crippen molar-refractivity contribution >= 4 is 27.4 Å². The molecule has 11 heteroatoms. The highest BCUT2D eigenvalue weighted by atomic mass is 35.5. The molecular weight excluding hydrogens is 333 g/mol. The molecule has 0 fully saturated rings. The molecule has 0 aliphatic rings.